The summed E-state index contributed by atoms with van der Waals surface area (Å²) in [5, 5.41) is 6.80. The lowest BCUT2D eigenvalue weighted by molar-refractivity contribution is -0.130. The van der Waals surface area contributed by atoms with E-state index in [0.29, 0.717) is 16.3 Å². The number of rotatable bonds is 5. The third-order valence-corrected chi connectivity index (χ3v) is 6.32. The van der Waals surface area contributed by atoms with E-state index in [0.717, 1.165) is 4.88 Å². The van der Waals surface area contributed by atoms with Gasteiger partial charge in [0.1, 0.15) is 11.9 Å². The van der Waals surface area contributed by atoms with Gasteiger partial charge in [-0.05, 0) is 48.7 Å². The second kappa shape index (κ2) is 8.76. The average Bonchev–Trinajstić information content (AvgIpc) is 3.38. The third kappa shape index (κ3) is 4.62. The van der Waals surface area contributed by atoms with E-state index in [2.05, 4.69) is 15.5 Å². The summed E-state index contributed by atoms with van der Waals surface area (Å²) in [6.45, 7) is 4.24. The summed E-state index contributed by atoms with van der Waals surface area (Å²) < 4.78 is 19.0. The van der Waals surface area contributed by atoms with Gasteiger partial charge in [0.2, 0.25) is 5.91 Å². The van der Waals surface area contributed by atoms with Gasteiger partial charge in [0, 0.05) is 17.0 Å². The average molecular weight is 463 g/mol. The highest BCUT2D eigenvalue weighted by Crippen LogP contribution is 2.31. The summed E-state index contributed by atoms with van der Waals surface area (Å²) >= 11 is 7.40. The highest BCUT2D eigenvalue weighted by Gasteiger charge is 2.40. The molecular formula is C21H20ClFN4O3S. The van der Waals surface area contributed by atoms with Crippen molar-refractivity contribution in [3.8, 4) is 11.5 Å². The molecule has 2 atom stereocenters. The van der Waals surface area contributed by atoms with Crippen molar-refractivity contribution < 1.29 is 18.5 Å². The van der Waals surface area contributed by atoms with Crippen LogP contribution in [0.2, 0.25) is 4.34 Å². The van der Waals surface area contributed by atoms with Crippen LogP contribution in [0, 0.1) is 11.7 Å². The zero-order valence-corrected chi connectivity index (χ0v) is 18.4. The molecule has 162 valence electrons. The first-order chi connectivity index (χ1) is 14.8. The summed E-state index contributed by atoms with van der Waals surface area (Å²) in [7, 11) is 0. The predicted octanol–water partition coefficient (Wildman–Crippen LogP) is 4.32. The number of nitrogens with zero attached hydrogens (tertiary/aromatic N) is 3. The van der Waals surface area contributed by atoms with E-state index in [1.807, 2.05) is 19.9 Å². The van der Waals surface area contributed by atoms with Crippen LogP contribution in [0.1, 0.15) is 41.8 Å². The fraction of sp³-hybridized carbons (Fsp3) is 0.333. The molecule has 7 nitrogen and oxygen atoms in total. The Kier molecular flexibility index (Phi) is 6.06. The van der Waals surface area contributed by atoms with Crippen molar-refractivity contribution in [2.75, 3.05) is 6.54 Å². The van der Waals surface area contributed by atoms with Crippen LogP contribution in [-0.4, -0.2) is 39.4 Å². The second-order valence-corrected chi connectivity index (χ2v) is 9.48. The number of benzene rings is 1. The number of carbonyl (C=O) groups is 2. The Bertz CT molecular complexity index is 1100. The summed E-state index contributed by atoms with van der Waals surface area (Å²) in [6.07, 6.45) is 0.498. The highest BCUT2D eigenvalue weighted by atomic mass is 35.5. The number of piperazine rings is 1. The minimum absolute atomic E-state index is 0.104. The molecule has 1 aliphatic rings. The maximum Gasteiger partial charge on any atom is 0.296 e. The van der Waals surface area contributed by atoms with Crippen LogP contribution in [0.3, 0.4) is 0 Å². The molecule has 2 amide bonds. The number of aromatic nitrogens is 2. The molecule has 0 radical (unpaired) electrons. The molecule has 3 heterocycles. The lowest BCUT2D eigenvalue weighted by Gasteiger charge is -2.39. The van der Waals surface area contributed by atoms with Crippen molar-refractivity contribution in [1.29, 1.82) is 0 Å². The number of nitrogens with one attached hydrogen (secondary N) is 1. The minimum atomic E-state index is -0.646. The van der Waals surface area contributed by atoms with Crippen LogP contribution in [0.15, 0.2) is 40.9 Å². The Balaban J connectivity index is 1.62. The fourth-order valence-electron chi connectivity index (χ4n) is 3.51. The smallest absolute Gasteiger partial charge is 0.296 e. The maximum absolute atomic E-state index is 13.3. The molecule has 10 heteroatoms. The van der Waals surface area contributed by atoms with Crippen molar-refractivity contribution in [3.05, 3.63) is 57.3 Å². The zero-order chi connectivity index (χ0) is 22.1. The highest BCUT2D eigenvalue weighted by molar-refractivity contribution is 7.16. The lowest BCUT2D eigenvalue weighted by atomic mass is 9.97. The zero-order valence-electron chi connectivity index (χ0n) is 16.8. The Morgan fingerprint density at radius 1 is 1.32 bits per heavy atom. The Labute approximate surface area is 187 Å². The Morgan fingerprint density at radius 3 is 2.71 bits per heavy atom. The number of hydrogen-bond acceptors (Lipinski definition) is 6. The molecule has 1 aliphatic heterocycles. The van der Waals surface area contributed by atoms with E-state index >= 15 is 0 Å². The van der Waals surface area contributed by atoms with E-state index in [1.165, 1.54) is 40.5 Å². The van der Waals surface area contributed by atoms with E-state index in [1.54, 1.807) is 6.07 Å². The first kappa shape index (κ1) is 21.5. The summed E-state index contributed by atoms with van der Waals surface area (Å²) in [6, 6.07) is 8.09. The molecule has 0 unspecified atom stereocenters. The molecule has 1 N–H and O–H groups in total. The predicted molar refractivity (Wildman–Crippen MR) is 114 cm³/mol. The van der Waals surface area contributed by atoms with Gasteiger partial charge in [-0.15, -0.1) is 11.3 Å². The van der Waals surface area contributed by atoms with Crippen molar-refractivity contribution in [2.45, 2.75) is 32.4 Å². The largest absolute Gasteiger partial charge is 0.345 e. The summed E-state index contributed by atoms with van der Waals surface area (Å²) in [5.41, 5.74) is 0.495. The first-order valence-electron chi connectivity index (χ1n) is 9.78. The Morgan fingerprint density at radius 2 is 2.06 bits per heavy atom. The van der Waals surface area contributed by atoms with Crippen LogP contribution >= 0.6 is 22.9 Å². The van der Waals surface area contributed by atoms with Gasteiger partial charge in [-0.1, -0.05) is 30.6 Å². The van der Waals surface area contributed by atoms with Gasteiger partial charge in [-0.25, -0.2) is 4.39 Å². The van der Waals surface area contributed by atoms with E-state index in [4.69, 9.17) is 16.1 Å². The second-order valence-electron chi connectivity index (χ2n) is 7.74. The molecule has 2 aromatic heterocycles. The molecule has 1 fully saturated rings. The molecule has 1 saturated heterocycles. The topological polar surface area (TPSA) is 88.3 Å². The molecule has 4 rings (SSSR count). The molecule has 0 saturated carbocycles. The third-order valence-electron chi connectivity index (χ3n) is 4.98. The van der Waals surface area contributed by atoms with Crippen molar-refractivity contribution >= 4 is 34.8 Å². The number of carbonyl (C=O) groups excluding carboxylic acids is 2. The fourth-order valence-corrected chi connectivity index (χ4v) is 4.61. The van der Waals surface area contributed by atoms with E-state index in [9.17, 15) is 14.0 Å². The van der Waals surface area contributed by atoms with Gasteiger partial charge < -0.3 is 14.7 Å². The molecule has 0 bridgehead atoms. The van der Waals surface area contributed by atoms with Crippen LogP contribution in [0.25, 0.3) is 11.5 Å². The van der Waals surface area contributed by atoms with Crippen LogP contribution in [-0.2, 0) is 4.79 Å². The minimum Gasteiger partial charge on any atom is -0.345 e. The normalized spacial score (nSPS) is 19.0. The van der Waals surface area contributed by atoms with Gasteiger partial charge in [-0.2, -0.15) is 4.98 Å². The van der Waals surface area contributed by atoms with Crippen LogP contribution in [0.4, 0.5) is 4.39 Å². The molecule has 31 heavy (non-hydrogen) atoms. The SMILES string of the molecule is CC(C)C[C@H]1C(=O)N[C@@H](c2ccc(Cl)s2)CN1C(=O)c1noc(-c2ccc(F)cc2)n1. The quantitative estimate of drug-likeness (QED) is 0.610. The van der Waals surface area contributed by atoms with Crippen molar-refractivity contribution in [1.82, 2.24) is 20.4 Å². The van der Waals surface area contributed by atoms with Gasteiger partial charge in [0.25, 0.3) is 17.6 Å². The number of halogens is 2. The molecule has 0 spiro atoms. The summed E-state index contributed by atoms with van der Waals surface area (Å²) in [4.78, 5) is 32.7. The Hall–Kier alpha value is -2.78. The van der Waals surface area contributed by atoms with Gasteiger partial charge >= 0.3 is 0 Å². The first-order valence-corrected chi connectivity index (χ1v) is 11.0. The van der Waals surface area contributed by atoms with Gasteiger partial charge in [0.15, 0.2) is 0 Å². The number of amides is 2. The van der Waals surface area contributed by atoms with E-state index in [-0.39, 0.29) is 36.1 Å². The van der Waals surface area contributed by atoms with Crippen molar-refractivity contribution in [2.24, 2.45) is 5.92 Å². The van der Waals surface area contributed by atoms with Gasteiger partial charge in [-0.3, -0.25) is 9.59 Å². The monoisotopic (exact) mass is 462 g/mol. The van der Waals surface area contributed by atoms with Crippen LogP contribution in [0.5, 0.6) is 0 Å². The molecule has 0 aliphatic carbocycles. The summed E-state index contributed by atoms with van der Waals surface area (Å²) in [5.74, 6) is -0.970. The standard InChI is InChI=1S/C21H20ClFN4O3S/c1-11(2)9-15-19(28)24-14(16-7-8-17(22)31-16)10-27(15)21(29)18-25-20(30-26-18)12-3-5-13(23)6-4-12/h3-8,11,14-15H,9-10H2,1-2H3,(H,24,28)/t14-,15+/m1/s1. The van der Waals surface area contributed by atoms with Crippen LogP contribution < -0.4 is 5.32 Å². The van der Waals surface area contributed by atoms with Crippen molar-refractivity contribution in [3.63, 3.8) is 0 Å². The molecule has 1 aromatic carbocycles. The number of thiophene rings is 1. The van der Waals surface area contributed by atoms with Gasteiger partial charge in [0.05, 0.1) is 10.4 Å². The molecular weight excluding hydrogens is 443 g/mol. The van der Waals surface area contributed by atoms with E-state index < -0.39 is 17.8 Å². The molecule has 3 aromatic rings. The maximum atomic E-state index is 13.3. The number of hydrogen-bond donors (Lipinski definition) is 1. The lowest BCUT2D eigenvalue weighted by Crippen LogP contribution is -2.58.